The first-order chi connectivity index (χ1) is 7.27. The number of aromatic hydroxyl groups is 1. The fraction of sp³-hybridized carbons (Fsp3) is 0.500. The number of piperazine rings is 1. The van der Waals surface area contributed by atoms with Gasteiger partial charge in [0, 0.05) is 32.2 Å². The average molecular weight is 279 g/mol. The molecule has 3 nitrogen and oxygen atoms in total. The van der Waals surface area contributed by atoms with E-state index < -0.39 is 0 Å². The number of benzene rings is 1. The van der Waals surface area contributed by atoms with Crippen molar-refractivity contribution in [3.05, 3.63) is 29.8 Å². The Morgan fingerprint density at radius 1 is 1.24 bits per heavy atom. The predicted octanol–water partition coefficient (Wildman–Crippen LogP) is 2.20. The Bertz CT molecular complexity index is 330. The van der Waals surface area contributed by atoms with Gasteiger partial charge in [0.25, 0.3) is 0 Å². The van der Waals surface area contributed by atoms with E-state index in [1.165, 1.54) is 5.56 Å². The molecule has 0 unspecified atom stereocenters. The van der Waals surface area contributed by atoms with E-state index in [1.807, 2.05) is 12.1 Å². The number of phenolic OH excluding ortho intramolecular Hbond substituents is 1. The van der Waals surface area contributed by atoms with E-state index in [2.05, 4.69) is 23.2 Å². The zero-order valence-electron chi connectivity index (χ0n) is 9.93. The molecule has 0 radical (unpaired) electrons. The Balaban J connectivity index is 0.00000128. The van der Waals surface area contributed by atoms with Gasteiger partial charge in [-0.15, -0.1) is 24.8 Å². The molecule has 1 aliphatic heterocycles. The molecule has 1 saturated heterocycles. The fourth-order valence-electron chi connectivity index (χ4n) is 2.06. The number of rotatable bonds is 2. The van der Waals surface area contributed by atoms with Gasteiger partial charge in [0.05, 0.1) is 0 Å². The van der Waals surface area contributed by atoms with Crippen LogP contribution in [0.5, 0.6) is 5.75 Å². The van der Waals surface area contributed by atoms with Crippen molar-refractivity contribution in [2.45, 2.75) is 13.0 Å². The Morgan fingerprint density at radius 3 is 2.47 bits per heavy atom. The van der Waals surface area contributed by atoms with Crippen molar-refractivity contribution in [2.75, 3.05) is 26.2 Å². The smallest absolute Gasteiger partial charge is 0.115 e. The van der Waals surface area contributed by atoms with Gasteiger partial charge in [0.2, 0.25) is 0 Å². The molecule has 1 fully saturated rings. The molecule has 1 aliphatic rings. The molecule has 1 atom stereocenters. The molecule has 1 aromatic rings. The molecule has 0 spiro atoms. The van der Waals surface area contributed by atoms with E-state index in [-0.39, 0.29) is 24.8 Å². The minimum absolute atomic E-state index is 0. The van der Waals surface area contributed by atoms with Gasteiger partial charge in [0.15, 0.2) is 0 Å². The summed E-state index contributed by atoms with van der Waals surface area (Å²) in [6.45, 7) is 6.47. The molecule has 1 aromatic carbocycles. The van der Waals surface area contributed by atoms with Gasteiger partial charge < -0.3 is 10.4 Å². The highest BCUT2D eigenvalue weighted by molar-refractivity contribution is 5.85. The standard InChI is InChI=1S/C12H18N2O.2ClH/c1-10(14-7-5-13-6-8-14)11-3-2-4-12(15)9-11;;/h2-4,9-10,13,15H,5-8H2,1H3;2*1H/t10-;;/m0../s1. The lowest BCUT2D eigenvalue weighted by atomic mass is 10.1. The van der Waals surface area contributed by atoms with Gasteiger partial charge in [-0.1, -0.05) is 12.1 Å². The summed E-state index contributed by atoms with van der Waals surface area (Å²) in [5, 5.41) is 12.8. The van der Waals surface area contributed by atoms with Crippen LogP contribution in [0.2, 0.25) is 0 Å². The maximum atomic E-state index is 9.43. The van der Waals surface area contributed by atoms with Gasteiger partial charge in [-0.2, -0.15) is 0 Å². The molecule has 98 valence electrons. The van der Waals surface area contributed by atoms with Gasteiger partial charge >= 0.3 is 0 Å². The zero-order valence-corrected chi connectivity index (χ0v) is 11.6. The molecule has 17 heavy (non-hydrogen) atoms. The normalized spacial score (nSPS) is 17.7. The summed E-state index contributed by atoms with van der Waals surface area (Å²) in [7, 11) is 0. The van der Waals surface area contributed by atoms with Crippen molar-refractivity contribution in [3.63, 3.8) is 0 Å². The minimum atomic E-state index is 0. The van der Waals surface area contributed by atoms with Gasteiger partial charge in [-0.05, 0) is 24.6 Å². The van der Waals surface area contributed by atoms with Crippen molar-refractivity contribution in [3.8, 4) is 5.75 Å². The van der Waals surface area contributed by atoms with Crippen LogP contribution in [0.25, 0.3) is 0 Å². The maximum Gasteiger partial charge on any atom is 0.115 e. The summed E-state index contributed by atoms with van der Waals surface area (Å²) in [4.78, 5) is 2.44. The predicted molar refractivity (Wildman–Crippen MR) is 75.5 cm³/mol. The van der Waals surface area contributed by atoms with Crippen LogP contribution in [0.4, 0.5) is 0 Å². The van der Waals surface area contributed by atoms with Crippen LogP contribution in [0, 0.1) is 0 Å². The van der Waals surface area contributed by atoms with Crippen molar-refractivity contribution in [1.82, 2.24) is 10.2 Å². The van der Waals surface area contributed by atoms with Crippen molar-refractivity contribution >= 4 is 24.8 Å². The Morgan fingerprint density at radius 2 is 1.88 bits per heavy atom. The molecular weight excluding hydrogens is 259 g/mol. The fourth-order valence-corrected chi connectivity index (χ4v) is 2.06. The first-order valence-electron chi connectivity index (χ1n) is 5.51. The number of nitrogens with zero attached hydrogens (tertiary/aromatic N) is 1. The SMILES string of the molecule is C[C@@H](c1cccc(O)c1)N1CCNCC1.Cl.Cl. The van der Waals surface area contributed by atoms with Gasteiger partial charge in [-0.25, -0.2) is 0 Å². The number of nitrogens with one attached hydrogen (secondary N) is 1. The molecule has 0 saturated carbocycles. The van der Waals surface area contributed by atoms with Crippen LogP contribution in [0.1, 0.15) is 18.5 Å². The van der Waals surface area contributed by atoms with E-state index in [9.17, 15) is 5.11 Å². The lowest BCUT2D eigenvalue weighted by molar-refractivity contribution is 0.185. The van der Waals surface area contributed by atoms with E-state index in [4.69, 9.17) is 0 Å². The number of halogens is 2. The third-order valence-corrected chi connectivity index (χ3v) is 3.05. The van der Waals surface area contributed by atoms with E-state index in [0.29, 0.717) is 11.8 Å². The molecule has 0 aromatic heterocycles. The third-order valence-electron chi connectivity index (χ3n) is 3.05. The molecule has 2 rings (SSSR count). The Hall–Kier alpha value is -0.480. The Kier molecular flexibility index (Phi) is 7.55. The second-order valence-corrected chi connectivity index (χ2v) is 4.06. The quantitative estimate of drug-likeness (QED) is 0.871. The first kappa shape index (κ1) is 16.5. The van der Waals surface area contributed by atoms with Crippen LogP contribution in [0.15, 0.2) is 24.3 Å². The molecule has 2 N–H and O–H groups in total. The number of hydrogen-bond donors (Lipinski definition) is 2. The largest absolute Gasteiger partial charge is 0.508 e. The Labute approximate surface area is 115 Å². The highest BCUT2D eigenvalue weighted by Crippen LogP contribution is 2.23. The zero-order chi connectivity index (χ0) is 10.7. The lowest BCUT2D eigenvalue weighted by Gasteiger charge is -2.33. The van der Waals surface area contributed by atoms with E-state index >= 15 is 0 Å². The van der Waals surface area contributed by atoms with E-state index in [1.54, 1.807) is 6.07 Å². The minimum Gasteiger partial charge on any atom is -0.508 e. The van der Waals surface area contributed by atoms with E-state index in [0.717, 1.165) is 26.2 Å². The summed E-state index contributed by atoms with van der Waals surface area (Å²) < 4.78 is 0. The number of hydrogen-bond acceptors (Lipinski definition) is 3. The summed E-state index contributed by atoms with van der Waals surface area (Å²) >= 11 is 0. The van der Waals surface area contributed by atoms with Crippen LogP contribution < -0.4 is 5.32 Å². The number of phenols is 1. The highest BCUT2D eigenvalue weighted by atomic mass is 35.5. The molecule has 5 heteroatoms. The van der Waals surface area contributed by atoms with Crippen LogP contribution in [0.3, 0.4) is 0 Å². The summed E-state index contributed by atoms with van der Waals surface area (Å²) in [5.41, 5.74) is 1.19. The first-order valence-corrected chi connectivity index (χ1v) is 5.51. The average Bonchev–Trinajstić information content (AvgIpc) is 2.29. The topological polar surface area (TPSA) is 35.5 Å². The van der Waals surface area contributed by atoms with Crippen LogP contribution in [-0.2, 0) is 0 Å². The molecular formula is C12H20Cl2N2O. The molecule has 1 heterocycles. The second-order valence-electron chi connectivity index (χ2n) is 4.06. The van der Waals surface area contributed by atoms with Crippen LogP contribution in [-0.4, -0.2) is 36.2 Å². The monoisotopic (exact) mass is 278 g/mol. The van der Waals surface area contributed by atoms with Crippen molar-refractivity contribution < 1.29 is 5.11 Å². The molecule has 0 aliphatic carbocycles. The van der Waals surface area contributed by atoms with Crippen LogP contribution >= 0.6 is 24.8 Å². The molecule has 0 amide bonds. The second kappa shape index (κ2) is 7.77. The summed E-state index contributed by atoms with van der Waals surface area (Å²) in [6.07, 6.45) is 0. The lowest BCUT2D eigenvalue weighted by Crippen LogP contribution is -2.44. The van der Waals surface area contributed by atoms with Crippen molar-refractivity contribution in [2.24, 2.45) is 0 Å². The van der Waals surface area contributed by atoms with Crippen molar-refractivity contribution in [1.29, 1.82) is 0 Å². The third kappa shape index (κ3) is 4.36. The van der Waals surface area contributed by atoms with Gasteiger partial charge in [0.1, 0.15) is 5.75 Å². The van der Waals surface area contributed by atoms with Gasteiger partial charge in [-0.3, -0.25) is 4.90 Å². The maximum absolute atomic E-state index is 9.43. The molecule has 0 bridgehead atoms. The summed E-state index contributed by atoms with van der Waals surface area (Å²) in [6, 6.07) is 7.94. The summed E-state index contributed by atoms with van der Waals surface area (Å²) in [5.74, 6) is 0.356. The highest BCUT2D eigenvalue weighted by Gasteiger charge is 2.17.